The van der Waals surface area contributed by atoms with Gasteiger partial charge in [-0.3, -0.25) is 9.59 Å². The van der Waals surface area contributed by atoms with E-state index < -0.39 is 11.9 Å². The lowest BCUT2D eigenvalue weighted by atomic mass is 9.73. The Balaban J connectivity index is 1.74. The standard InChI is InChI=1S/C12H19NO3/c1-12(2)5-7(12)6-13-10(14)8-3-4-9(8)11(15)16/h7-9H,3-6H2,1-2H3,(H,13,14)(H,15,16). The second kappa shape index (κ2) is 3.75. The molecule has 90 valence electrons. The van der Waals surface area contributed by atoms with Crippen LogP contribution < -0.4 is 5.32 Å². The SMILES string of the molecule is CC1(C)CC1CNC(=O)C1CCC1C(=O)O. The van der Waals surface area contributed by atoms with Crippen LogP contribution in [0.4, 0.5) is 0 Å². The predicted octanol–water partition coefficient (Wildman–Crippen LogP) is 1.26. The summed E-state index contributed by atoms with van der Waals surface area (Å²) < 4.78 is 0. The van der Waals surface area contributed by atoms with Gasteiger partial charge in [0.25, 0.3) is 0 Å². The van der Waals surface area contributed by atoms with E-state index in [1.807, 2.05) is 0 Å². The summed E-state index contributed by atoms with van der Waals surface area (Å²) in [7, 11) is 0. The van der Waals surface area contributed by atoms with Crippen LogP contribution in [0, 0.1) is 23.2 Å². The van der Waals surface area contributed by atoms with Gasteiger partial charge in [0, 0.05) is 6.54 Å². The van der Waals surface area contributed by atoms with Crippen LogP contribution in [-0.2, 0) is 9.59 Å². The molecule has 3 unspecified atom stereocenters. The maximum absolute atomic E-state index is 11.7. The number of carboxylic acids is 1. The minimum atomic E-state index is -0.835. The Morgan fingerprint density at radius 1 is 1.31 bits per heavy atom. The van der Waals surface area contributed by atoms with Crippen molar-refractivity contribution >= 4 is 11.9 Å². The fourth-order valence-corrected chi connectivity index (χ4v) is 2.39. The average Bonchev–Trinajstić information content (AvgIpc) is 2.67. The van der Waals surface area contributed by atoms with E-state index in [1.54, 1.807) is 0 Å². The predicted molar refractivity (Wildman–Crippen MR) is 58.7 cm³/mol. The van der Waals surface area contributed by atoms with Gasteiger partial charge in [0.15, 0.2) is 0 Å². The van der Waals surface area contributed by atoms with Crippen LogP contribution in [0.5, 0.6) is 0 Å². The summed E-state index contributed by atoms with van der Waals surface area (Å²) in [6, 6.07) is 0. The number of nitrogens with one attached hydrogen (secondary N) is 1. The van der Waals surface area contributed by atoms with E-state index in [0.29, 0.717) is 24.3 Å². The highest BCUT2D eigenvalue weighted by atomic mass is 16.4. The van der Waals surface area contributed by atoms with Gasteiger partial charge in [-0.25, -0.2) is 0 Å². The first kappa shape index (κ1) is 11.4. The zero-order valence-electron chi connectivity index (χ0n) is 9.82. The summed E-state index contributed by atoms with van der Waals surface area (Å²) in [6.07, 6.45) is 2.51. The van der Waals surface area contributed by atoms with Gasteiger partial charge in [-0.1, -0.05) is 13.8 Å². The number of aliphatic carboxylic acids is 1. The third-order valence-corrected chi connectivity index (χ3v) is 4.17. The third-order valence-electron chi connectivity index (χ3n) is 4.17. The fourth-order valence-electron chi connectivity index (χ4n) is 2.39. The highest BCUT2D eigenvalue weighted by molar-refractivity contribution is 5.86. The second-order valence-electron chi connectivity index (χ2n) is 5.76. The zero-order valence-corrected chi connectivity index (χ0v) is 9.82. The molecule has 0 saturated heterocycles. The number of hydrogen-bond acceptors (Lipinski definition) is 2. The Morgan fingerprint density at radius 3 is 2.25 bits per heavy atom. The smallest absolute Gasteiger partial charge is 0.307 e. The van der Waals surface area contributed by atoms with Crippen molar-refractivity contribution in [3.05, 3.63) is 0 Å². The van der Waals surface area contributed by atoms with Gasteiger partial charge in [0.2, 0.25) is 5.91 Å². The van der Waals surface area contributed by atoms with E-state index in [9.17, 15) is 9.59 Å². The molecule has 0 aromatic heterocycles. The summed E-state index contributed by atoms with van der Waals surface area (Å²) in [6.45, 7) is 5.08. The van der Waals surface area contributed by atoms with Gasteiger partial charge < -0.3 is 10.4 Å². The number of carbonyl (C=O) groups is 2. The molecule has 2 aliphatic carbocycles. The van der Waals surface area contributed by atoms with Crippen molar-refractivity contribution in [3.8, 4) is 0 Å². The van der Waals surface area contributed by atoms with Crippen LogP contribution in [0.3, 0.4) is 0 Å². The molecule has 2 rings (SSSR count). The van der Waals surface area contributed by atoms with E-state index in [1.165, 1.54) is 0 Å². The monoisotopic (exact) mass is 225 g/mol. The maximum atomic E-state index is 11.7. The molecule has 4 nitrogen and oxygen atoms in total. The van der Waals surface area contributed by atoms with Crippen molar-refractivity contribution in [2.24, 2.45) is 23.2 Å². The molecule has 2 saturated carbocycles. The van der Waals surface area contributed by atoms with Crippen LogP contribution >= 0.6 is 0 Å². The molecule has 0 radical (unpaired) electrons. The topological polar surface area (TPSA) is 66.4 Å². The van der Waals surface area contributed by atoms with Gasteiger partial charge in [0.05, 0.1) is 11.8 Å². The first-order chi connectivity index (χ1) is 7.42. The molecule has 1 amide bonds. The van der Waals surface area contributed by atoms with Crippen molar-refractivity contribution in [1.29, 1.82) is 0 Å². The fraction of sp³-hybridized carbons (Fsp3) is 0.833. The number of rotatable bonds is 4. The number of carbonyl (C=O) groups excluding carboxylic acids is 1. The lowest BCUT2D eigenvalue weighted by Crippen LogP contribution is -2.44. The average molecular weight is 225 g/mol. The van der Waals surface area contributed by atoms with Crippen molar-refractivity contribution in [3.63, 3.8) is 0 Å². The van der Waals surface area contributed by atoms with E-state index in [-0.39, 0.29) is 11.8 Å². The van der Waals surface area contributed by atoms with E-state index in [2.05, 4.69) is 19.2 Å². The molecular formula is C12H19NO3. The van der Waals surface area contributed by atoms with E-state index in [4.69, 9.17) is 5.11 Å². The minimum Gasteiger partial charge on any atom is -0.481 e. The molecule has 4 heteroatoms. The lowest BCUT2D eigenvalue weighted by Gasteiger charge is -2.32. The van der Waals surface area contributed by atoms with Crippen molar-refractivity contribution in [2.75, 3.05) is 6.54 Å². The first-order valence-corrected chi connectivity index (χ1v) is 5.92. The van der Waals surface area contributed by atoms with Gasteiger partial charge in [-0.05, 0) is 30.6 Å². The molecule has 2 N–H and O–H groups in total. The molecule has 0 aliphatic heterocycles. The highest BCUT2D eigenvalue weighted by Crippen LogP contribution is 2.51. The summed E-state index contributed by atoms with van der Waals surface area (Å²) in [5.41, 5.74) is 0.360. The lowest BCUT2D eigenvalue weighted by molar-refractivity contribution is -0.152. The molecule has 0 spiro atoms. The summed E-state index contributed by atoms with van der Waals surface area (Å²) in [5.74, 6) is -1.08. The summed E-state index contributed by atoms with van der Waals surface area (Å²) in [4.78, 5) is 22.5. The number of carboxylic acid groups (broad SMARTS) is 1. The van der Waals surface area contributed by atoms with E-state index in [0.717, 1.165) is 12.8 Å². The molecule has 0 bridgehead atoms. The molecule has 0 aromatic rings. The molecular weight excluding hydrogens is 206 g/mol. The molecule has 0 aromatic carbocycles. The minimum absolute atomic E-state index is 0.0682. The summed E-state index contributed by atoms with van der Waals surface area (Å²) in [5, 5.41) is 11.7. The van der Waals surface area contributed by atoms with Crippen LogP contribution in [0.25, 0.3) is 0 Å². The zero-order chi connectivity index (χ0) is 11.9. The molecule has 0 heterocycles. The van der Waals surface area contributed by atoms with Gasteiger partial charge in [0.1, 0.15) is 0 Å². The Bertz CT molecular complexity index is 324. The van der Waals surface area contributed by atoms with Crippen LogP contribution in [-0.4, -0.2) is 23.5 Å². The third kappa shape index (κ3) is 2.06. The largest absolute Gasteiger partial charge is 0.481 e. The van der Waals surface area contributed by atoms with Crippen molar-refractivity contribution < 1.29 is 14.7 Å². The molecule has 2 aliphatic rings. The first-order valence-electron chi connectivity index (χ1n) is 5.92. The Kier molecular flexibility index (Phi) is 2.68. The molecule has 2 fully saturated rings. The number of amides is 1. The second-order valence-corrected chi connectivity index (χ2v) is 5.76. The molecule has 3 atom stereocenters. The highest BCUT2D eigenvalue weighted by Gasteiger charge is 2.46. The normalized spacial score (nSPS) is 35.0. The van der Waals surface area contributed by atoms with Gasteiger partial charge >= 0.3 is 5.97 Å². The Hall–Kier alpha value is -1.06. The van der Waals surface area contributed by atoms with Crippen molar-refractivity contribution in [1.82, 2.24) is 5.32 Å². The Labute approximate surface area is 95.4 Å². The van der Waals surface area contributed by atoms with E-state index >= 15 is 0 Å². The molecule has 16 heavy (non-hydrogen) atoms. The van der Waals surface area contributed by atoms with Gasteiger partial charge in [-0.2, -0.15) is 0 Å². The van der Waals surface area contributed by atoms with Crippen LogP contribution in [0.2, 0.25) is 0 Å². The quantitative estimate of drug-likeness (QED) is 0.757. The van der Waals surface area contributed by atoms with Gasteiger partial charge in [-0.15, -0.1) is 0 Å². The maximum Gasteiger partial charge on any atom is 0.307 e. The van der Waals surface area contributed by atoms with Crippen LogP contribution in [0.1, 0.15) is 33.1 Å². The Morgan fingerprint density at radius 2 is 1.88 bits per heavy atom. The van der Waals surface area contributed by atoms with Crippen LogP contribution in [0.15, 0.2) is 0 Å². The summed E-state index contributed by atoms with van der Waals surface area (Å²) >= 11 is 0. The number of hydrogen-bond donors (Lipinski definition) is 2. The van der Waals surface area contributed by atoms with Crippen molar-refractivity contribution in [2.45, 2.75) is 33.1 Å².